The zero-order valence-corrected chi connectivity index (χ0v) is 28.3. The third-order valence-corrected chi connectivity index (χ3v) is 11.6. The van der Waals surface area contributed by atoms with Crippen molar-refractivity contribution in [2.24, 2.45) is 0 Å². The third kappa shape index (κ3) is 4.99. The summed E-state index contributed by atoms with van der Waals surface area (Å²) in [7, 11) is 1.59. The average Bonchev–Trinajstić information content (AvgIpc) is 3.72. The van der Waals surface area contributed by atoms with Crippen LogP contribution in [0, 0.1) is 0 Å². The lowest BCUT2D eigenvalue weighted by atomic mass is 9.95. The molecule has 5 aliphatic heterocycles. The minimum atomic E-state index is -0.909. The van der Waals surface area contributed by atoms with Crippen LogP contribution in [0.25, 0.3) is 32.9 Å². The van der Waals surface area contributed by atoms with Gasteiger partial charge in [0.1, 0.15) is 36.3 Å². The Labute approximate surface area is 289 Å². The topological polar surface area (TPSA) is 123 Å². The van der Waals surface area contributed by atoms with Gasteiger partial charge in [0.2, 0.25) is 5.88 Å². The molecule has 262 valence electrons. The Morgan fingerprint density at radius 2 is 2.00 bits per heavy atom. The molecule has 0 aliphatic carbocycles. The molecule has 1 N–H and O–H groups in total. The van der Waals surface area contributed by atoms with Crippen LogP contribution in [-0.4, -0.2) is 113 Å². The van der Waals surface area contributed by atoms with Crippen LogP contribution < -0.4 is 19.1 Å². The molecule has 0 saturated carbocycles. The Kier molecular flexibility index (Phi) is 7.61. The Hall–Kier alpha value is -4.49. The first-order valence-corrected chi connectivity index (χ1v) is 17.7. The summed E-state index contributed by atoms with van der Waals surface area (Å²) in [5.74, 6) is 1.68. The summed E-state index contributed by atoms with van der Waals surface area (Å²) >= 11 is 0. The van der Waals surface area contributed by atoms with Crippen LogP contribution in [0.5, 0.6) is 17.6 Å². The van der Waals surface area contributed by atoms with Gasteiger partial charge in [0.25, 0.3) is 0 Å². The molecule has 0 radical (unpaired) electrons. The van der Waals surface area contributed by atoms with Crippen molar-refractivity contribution in [3.63, 3.8) is 0 Å². The fourth-order valence-corrected chi connectivity index (χ4v) is 9.38. The van der Waals surface area contributed by atoms with Crippen molar-refractivity contribution in [2.45, 2.75) is 75.3 Å². The van der Waals surface area contributed by atoms with E-state index >= 15 is 0 Å². The Balaban J connectivity index is 1.20. The summed E-state index contributed by atoms with van der Waals surface area (Å²) in [5, 5.41) is 12.9. The van der Waals surface area contributed by atoms with Crippen molar-refractivity contribution in [3.05, 3.63) is 42.0 Å². The lowest BCUT2D eigenvalue weighted by molar-refractivity contribution is 0.0512. The second-order valence-corrected chi connectivity index (χ2v) is 14.3. The molecule has 4 aromatic rings. The Morgan fingerprint density at radius 3 is 2.84 bits per heavy atom. The molecule has 2 bridgehead atoms. The van der Waals surface area contributed by atoms with E-state index < -0.39 is 12.3 Å². The molecule has 13 heteroatoms. The highest BCUT2D eigenvalue weighted by molar-refractivity contribution is 6.03. The normalized spacial score (nSPS) is 26.9. The van der Waals surface area contributed by atoms with E-state index in [9.17, 15) is 14.3 Å². The van der Waals surface area contributed by atoms with E-state index in [2.05, 4.69) is 28.9 Å². The Bertz CT molecular complexity index is 2000. The minimum Gasteiger partial charge on any atom is -0.475 e. The van der Waals surface area contributed by atoms with E-state index in [1.54, 1.807) is 12.0 Å². The van der Waals surface area contributed by atoms with Crippen LogP contribution in [-0.2, 0) is 11.2 Å². The number of fused-ring (bicyclic) bond motifs is 7. The van der Waals surface area contributed by atoms with Crippen LogP contribution in [0.3, 0.4) is 0 Å². The molecule has 12 nitrogen and oxygen atoms in total. The van der Waals surface area contributed by atoms with Gasteiger partial charge in [-0.25, -0.2) is 14.2 Å². The number of pyridine rings is 1. The van der Waals surface area contributed by atoms with Gasteiger partial charge in [0, 0.05) is 32.2 Å². The number of benzene rings is 2. The van der Waals surface area contributed by atoms with Gasteiger partial charge >= 0.3 is 12.1 Å². The number of nitrogens with zero attached hydrogens (tertiary/aromatic N) is 6. The van der Waals surface area contributed by atoms with E-state index in [1.165, 1.54) is 5.56 Å². The number of hydrogen-bond donors (Lipinski definition) is 1. The van der Waals surface area contributed by atoms with Crippen molar-refractivity contribution in [2.75, 3.05) is 51.7 Å². The SMILES string of the molecule is CCc1cccc2cc(OCOC)cc(-c3cc4nc(OC[C@@]56CCCN5C[C@H](F)C6)nc5c4c(n3)OCC3C4CCC(CN53)N4C(=O)O)c12. The maximum atomic E-state index is 14.6. The van der Waals surface area contributed by atoms with Gasteiger partial charge in [0.05, 0.1) is 34.9 Å². The number of aromatic nitrogens is 3. The van der Waals surface area contributed by atoms with Gasteiger partial charge in [-0.05, 0) is 73.2 Å². The molecule has 50 heavy (non-hydrogen) atoms. The summed E-state index contributed by atoms with van der Waals surface area (Å²) in [5.41, 5.74) is 2.94. The third-order valence-electron chi connectivity index (χ3n) is 11.6. The molecule has 1 amide bonds. The number of rotatable bonds is 8. The number of halogens is 1. The zero-order chi connectivity index (χ0) is 34.1. The standard InChI is InChI=1S/C37H41FN6O6/c1-3-21-6-4-7-22-12-25(50-20-47-2)13-26(31(21)22)27-14-28-32-33(41-35(40-28)49-19-37-10-5-11-42(37)16-23(38)15-37)43-17-24-8-9-29(44(24)36(45)46)30(43)18-48-34(32)39-27/h4,6-7,12-14,23-24,29-30H,3,5,8-11,15-20H2,1-2H3,(H,45,46)/t23-,24?,29?,30?,37+/m1/s1. The number of amides is 1. The number of carbonyl (C=O) groups is 1. The van der Waals surface area contributed by atoms with Gasteiger partial charge in [-0.1, -0.05) is 25.1 Å². The summed E-state index contributed by atoms with van der Waals surface area (Å²) in [6.07, 6.45) is 2.89. The van der Waals surface area contributed by atoms with E-state index in [0.29, 0.717) is 60.2 Å². The van der Waals surface area contributed by atoms with Crippen LogP contribution in [0.1, 0.15) is 44.6 Å². The maximum absolute atomic E-state index is 14.6. The molecule has 0 spiro atoms. The zero-order valence-electron chi connectivity index (χ0n) is 28.3. The monoisotopic (exact) mass is 684 g/mol. The van der Waals surface area contributed by atoms with Gasteiger partial charge in [-0.15, -0.1) is 0 Å². The van der Waals surface area contributed by atoms with Crippen molar-refractivity contribution in [1.82, 2.24) is 24.8 Å². The van der Waals surface area contributed by atoms with Gasteiger partial charge in [0.15, 0.2) is 6.79 Å². The van der Waals surface area contributed by atoms with Gasteiger partial charge < -0.3 is 29.0 Å². The summed E-state index contributed by atoms with van der Waals surface area (Å²) < 4.78 is 38.8. The average molecular weight is 685 g/mol. The second kappa shape index (κ2) is 12.1. The first-order valence-electron chi connectivity index (χ1n) is 17.7. The second-order valence-electron chi connectivity index (χ2n) is 14.3. The fourth-order valence-electron chi connectivity index (χ4n) is 9.38. The predicted octanol–water partition coefficient (Wildman–Crippen LogP) is 5.44. The number of ether oxygens (including phenoxy) is 4. The minimum absolute atomic E-state index is 0.101. The molecule has 4 fully saturated rings. The van der Waals surface area contributed by atoms with Crippen LogP contribution >= 0.6 is 0 Å². The lowest BCUT2D eigenvalue weighted by Crippen LogP contribution is -2.62. The van der Waals surface area contributed by atoms with Crippen LogP contribution in [0.15, 0.2) is 36.4 Å². The fraction of sp³-hybridized carbons (Fsp3) is 0.514. The van der Waals surface area contributed by atoms with Gasteiger partial charge in [-0.2, -0.15) is 9.97 Å². The predicted molar refractivity (Wildman–Crippen MR) is 184 cm³/mol. The highest BCUT2D eigenvalue weighted by atomic mass is 19.1. The largest absolute Gasteiger partial charge is 0.475 e. The quantitative estimate of drug-likeness (QED) is 0.239. The van der Waals surface area contributed by atoms with Gasteiger partial charge in [-0.3, -0.25) is 9.80 Å². The van der Waals surface area contributed by atoms with Crippen molar-refractivity contribution in [1.29, 1.82) is 0 Å². The molecule has 3 unspecified atom stereocenters. The van der Waals surface area contributed by atoms with Crippen LogP contribution in [0.2, 0.25) is 0 Å². The highest BCUT2D eigenvalue weighted by Crippen LogP contribution is 2.46. The van der Waals surface area contributed by atoms with E-state index in [0.717, 1.165) is 55.0 Å². The number of piperazine rings is 1. The first-order chi connectivity index (χ1) is 24.4. The molecule has 2 aromatic carbocycles. The summed E-state index contributed by atoms with van der Waals surface area (Å²) in [6.45, 7) is 4.55. The van der Waals surface area contributed by atoms with Crippen LogP contribution in [0.4, 0.5) is 15.0 Å². The summed E-state index contributed by atoms with van der Waals surface area (Å²) in [4.78, 5) is 33.5. The smallest absolute Gasteiger partial charge is 0.407 e. The number of anilines is 1. The molecular weight excluding hydrogens is 643 g/mol. The maximum Gasteiger partial charge on any atom is 0.407 e. The molecular formula is C37H41FN6O6. The molecule has 4 saturated heterocycles. The van der Waals surface area contributed by atoms with E-state index in [-0.39, 0.29) is 43.1 Å². The van der Waals surface area contributed by atoms with Crippen molar-refractivity contribution in [3.8, 4) is 28.9 Å². The molecule has 7 heterocycles. The van der Waals surface area contributed by atoms with E-state index in [1.807, 2.05) is 24.3 Å². The number of aryl methyl sites for hydroxylation is 1. The van der Waals surface area contributed by atoms with E-state index in [4.69, 9.17) is 33.9 Å². The highest BCUT2D eigenvalue weighted by Gasteiger charge is 2.52. The Morgan fingerprint density at radius 1 is 1.10 bits per heavy atom. The van der Waals surface area contributed by atoms with Crippen molar-refractivity contribution >= 4 is 33.6 Å². The number of alkyl halides is 1. The molecule has 2 aromatic heterocycles. The lowest BCUT2D eigenvalue weighted by Gasteiger charge is -2.45. The summed E-state index contributed by atoms with van der Waals surface area (Å²) in [6, 6.07) is 11.7. The molecule has 5 atom stereocenters. The number of methoxy groups -OCH3 is 1. The first kappa shape index (κ1) is 31.5. The molecule has 9 rings (SSSR count). The van der Waals surface area contributed by atoms with Crippen molar-refractivity contribution < 1.29 is 33.2 Å². The molecule has 5 aliphatic rings. The number of carboxylic acid groups (broad SMARTS) is 1. The number of hydrogen-bond acceptors (Lipinski definition) is 10.